The van der Waals surface area contributed by atoms with E-state index in [9.17, 15) is 19.2 Å². The van der Waals surface area contributed by atoms with E-state index in [0.29, 0.717) is 0 Å². The van der Waals surface area contributed by atoms with Crippen molar-refractivity contribution in [1.82, 2.24) is 14.5 Å². The van der Waals surface area contributed by atoms with Crippen molar-refractivity contribution in [2.75, 3.05) is 0 Å². The Kier molecular flexibility index (Phi) is 4.25. The Hall–Kier alpha value is -2.38. The molecule has 1 fully saturated rings. The van der Waals surface area contributed by atoms with E-state index in [2.05, 4.69) is 5.32 Å². The van der Waals surface area contributed by atoms with E-state index in [1.54, 1.807) is 0 Å². The number of hydrogen-bond acceptors (Lipinski definition) is 4. The highest BCUT2D eigenvalue weighted by atomic mass is 16.4. The molecule has 1 atom stereocenters. The number of carboxylic acids is 1. The lowest BCUT2D eigenvalue weighted by Gasteiger charge is -2.16. The fraction of sp³-hybridized carbons (Fsp3) is 0.538. The normalized spacial score (nSPS) is 15.5. The van der Waals surface area contributed by atoms with E-state index in [0.717, 1.165) is 22.0 Å². The molecule has 1 amide bonds. The van der Waals surface area contributed by atoms with Gasteiger partial charge in [-0.1, -0.05) is 0 Å². The van der Waals surface area contributed by atoms with Crippen LogP contribution in [0.3, 0.4) is 0 Å². The van der Waals surface area contributed by atoms with Gasteiger partial charge >= 0.3 is 11.7 Å². The Morgan fingerprint density at radius 1 is 1.43 bits per heavy atom. The van der Waals surface area contributed by atoms with Crippen molar-refractivity contribution in [3.63, 3.8) is 0 Å². The van der Waals surface area contributed by atoms with Crippen LogP contribution in [0, 0.1) is 5.92 Å². The number of carboxylic acid groups (broad SMARTS) is 1. The van der Waals surface area contributed by atoms with Crippen molar-refractivity contribution in [1.29, 1.82) is 0 Å². The van der Waals surface area contributed by atoms with Gasteiger partial charge in [-0.05, 0) is 18.8 Å². The van der Waals surface area contributed by atoms with Crippen LogP contribution in [0.2, 0.25) is 0 Å². The third kappa shape index (κ3) is 3.80. The summed E-state index contributed by atoms with van der Waals surface area (Å²) in [7, 11) is 1.33. The molecule has 8 nitrogen and oxygen atoms in total. The molecule has 1 heterocycles. The molecular weight excluding hydrogens is 278 g/mol. The Morgan fingerprint density at radius 2 is 2.10 bits per heavy atom. The van der Waals surface area contributed by atoms with E-state index < -0.39 is 29.2 Å². The molecule has 1 aromatic heterocycles. The quantitative estimate of drug-likeness (QED) is 0.693. The van der Waals surface area contributed by atoms with Crippen molar-refractivity contribution in [3.8, 4) is 0 Å². The average molecular weight is 295 g/mol. The van der Waals surface area contributed by atoms with Gasteiger partial charge in [-0.3, -0.25) is 23.5 Å². The van der Waals surface area contributed by atoms with Crippen LogP contribution in [-0.4, -0.2) is 32.2 Å². The first kappa shape index (κ1) is 15.0. The van der Waals surface area contributed by atoms with E-state index in [4.69, 9.17) is 5.11 Å². The second-order valence-corrected chi connectivity index (χ2v) is 5.23. The smallest absolute Gasteiger partial charge is 0.331 e. The molecule has 1 aromatic rings. The average Bonchev–Trinajstić information content (AvgIpc) is 3.22. The first-order chi connectivity index (χ1) is 9.88. The van der Waals surface area contributed by atoms with Crippen LogP contribution in [0.5, 0.6) is 0 Å². The minimum Gasteiger partial charge on any atom is -0.481 e. The summed E-state index contributed by atoms with van der Waals surface area (Å²) < 4.78 is 2.02. The van der Waals surface area contributed by atoms with Crippen LogP contribution < -0.4 is 16.6 Å². The zero-order valence-electron chi connectivity index (χ0n) is 11.6. The fourth-order valence-electron chi connectivity index (χ4n) is 2.17. The number of carbonyl (C=O) groups is 2. The maximum absolute atomic E-state index is 11.9. The summed E-state index contributed by atoms with van der Waals surface area (Å²) in [5.41, 5.74) is -1.03. The molecule has 21 heavy (non-hydrogen) atoms. The van der Waals surface area contributed by atoms with Crippen LogP contribution >= 0.6 is 0 Å². The Balaban J connectivity index is 2.04. The molecule has 2 rings (SSSR count). The van der Waals surface area contributed by atoms with Gasteiger partial charge in [0.05, 0.1) is 6.42 Å². The topological polar surface area (TPSA) is 110 Å². The summed E-state index contributed by atoms with van der Waals surface area (Å²) in [6, 6.07) is 0.794. The molecule has 0 spiro atoms. The van der Waals surface area contributed by atoms with Gasteiger partial charge in [0.2, 0.25) is 5.91 Å². The number of aromatic nitrogens is 2. The SMILES string of the molecule is Cn1c(=O)ccn(CC(=O)NC(CC(=O)O)C2CC2)c1=O. The molecule has 0 radical (unpaired) electrons. The van der Waals surface area contributed by atoms with Crippen molar-refractivity contribution in [3.05, 3.63) is 33.1 Å². The highest BCUT2D eigenvalue weighted by molar-refractivity contribution is 5.77. The van der Waals surface area contributed by atoms with Gasteiger partial charge < -0.3 is 10.4 Å². The summed E-state index contributed by atoms with van der Waals surface area (Å²) >= 11 is 0. The highest BCUT2D eigenvalue weighted by Crippen LogP contribution is 2.33. The number of carbonyl (C=O) groups excluding carboxylic acids is 1. The van der Waals surface area contributed by atoms with Crippen molar-refractivity contribution < 1.29 is 14.7 Å². The largest absolute Gasteiger partial charge is 0.481 e. The molecule has 2 N–H and O–H groups in total. The van der Waals surface area contributed by atoms with E-state index >= 15 is 0 Å². The molecule has 1 unspecified atom stereocenters. The maximum atomic E-state index is 11.9. The van der Waals surface area contributed by atoms with Gasteiger partial charge in [-0.2, -0.15) is 0 Å². The molecular formula is C13H17N3O5. The van der Waals surface area contributed by atoms with Crippen LogP contribution in [0.25, 0.3) is 0 Å². The summed E-state index contributed by atoms with van der Waals surface area (Å²) in [6.45, 7) is -0.240. The molecule has 114 valence electrons. The zero-order chi connectivity index (χ0) is 15.6. The minimum absolute atomic E-state index is 0.126. The van der Waals surface area contributed by atoms with Crippen LogP contribution in [0.1, 0.15) is 19.3 Å². The lowest BCUT2D eigenvalue weighted by Crippen LogP contribution is -2.43. The summed E-state index contributed by atoms with van der Waals surface area (Å²) in [5, 5.41) is 11.5. The van der Waals surface area contributed by atoms with Crippen LogP contribution in [0.15, 0.2) is 21.9 Å². The molecule has 1 saturated carbocycles. The highest BCUT2D eigenvalue weighted by Gasteiger charge is 2.33. The minimum atomic E-state index is -0.966. The van der Waals surface area contributed by atoms with E-state index in [1.165, 1.54) is 19.3 Å². The Labute approximate surface area is 120 Å². The number of aliphatic carboxylic acids is 1. The lowest BCUT2D eigenvalue weighted by atomic mass is 10.1. The first-order valence-electron chi connectivity index (χ1n) is 6.66. The van der Waals surface area contributed by atoms with Crippen molar-refractivity contribution in [2.45, 2.75) is 31.8 Å². The molecule has 0 saturated heterocycles. The first-order valence-corrected chi connectivity index (χ1v) is 6.66. The predicted molar refractivity (Wildman–Crippen MR) is 72.9 cm³/mol. The van der Waals surface area contributed by atoms with E-state index in [1.807, 2.05) is 0 Å². The number of nitrogens with one attached hydrogen (secondary N) is 1. The number of amides is 1. The summed E-state index contributed by atoms with van der Waals surface area (Å²) in [6.07, 6.45) is 2.93. The molecule has 0 aliphatic heterocycles. The lowest BCUT2D eigenvalue weighted by molar-refractivity contribution is -0.137. The Bertz CT molecular complexity index is 671. The molecule has 1 aliphatic carbocycles. The molecule has 0 bridgehead atoms. The standard InChI is InChI=1S/C13H17N3O5/c1-15-11(18)4-5-16(13(15)21)7-10(17)14-9(6-12(19)20)8-2-3-8/h4-5,8-9H,2-3,6-7H2,1H3,(H,14,17)(H,19,20). The second kappa shape index (κ2) is 5.94. The Morgan fingerprint density at radius 3 is 2.67 bits per heavy atom. The van der Waals surface area contributed by atoms with E-state index in [-0.39, 0.29) is 18.9 Å². The predicted octanol–water partition coefficient (Wildman–Crippen LogP) is -1.08. The van der Waals surface area contributed by atoms with Gasteiger partial charge in [0.25, 0.3) is 5.56 Å². The number of rotatable bonds is 6. The molecule has 8 heteroatoms. The van der Waals surface area contributed by atoms with Crippen LogP contribution in [0.4, 0.5) is 0 Å². The van der Waals surface area contributed by atoms with Gasteiger partial charge in [-0.15, -0.1) is 0 Å². The second-order valence-electron chi connectivity index (χ2n) is 5.23. The van der Waals surface area contributed by atoms with Crippen molar-refractivity contribution >= 4 is 11.9 Å². The number of hydrogen-bond donors (Lipinski definition) is 2. The third-order valence-corrected chi connectivity index (χ3v) is 3.51. The van der Waals surface area contributed by atoms with Gasteiger partial charge in [-0.25, -0.2) is 4.79 Å². The monoisotopic (exact) mass is 295 g/mol. The third-order valence-electron chi connectivity index (χ3n) is 3.51. The zero-order valence-corrected chi connectivity index (χ0v) is 11.6. The summed E-state index contributed by atoms with van der Waals surface area (Å²) in [4.78, 5) is 45.8. The molecule has 0 aromatic carbocycles. The number of nitrogens with zero attached hydrogens (tertiary/aromatic N) is 2. The summed E-state index contributed by atoms with van der Waals surface area (Å²) in [5.74, 6) is -1.21. The van der Waals surface area contributed by atoms with Crippen LogP contribution in [-0.2, 0) is 23.2 Å². The maximum Gasteiger partial charge on any atom is 0.331 e. The fourth-order valence-corrected chi connectivity index (χ4v) is 2.17. The molecule has 1 aliphatic rings. The van der Waals surface area contributed by atoms with Gasteiger partial charge in [0.15, 0.2) is 0 Å². The van der Waals surface area contributed by atoms with Gasteiger partial charge in [0, 0.05) is 25.4 Å². The van der Waals surface area contributed by atoms with Gasteiger partial charge in [0.1, 0.15) is 6.54 Å². The van der Waals surface area contributed by atoms with Crippen molar-refractivity contribution in [2.24, 2.45) is 13.0 Å².